The number of ether oxygens (including phenoxy) is 3. The molecule has 0 amide bonds. The molecule has 0 saturated carbocycles. The van der Waals surface area contributed by atoms with Crippen LogP contribution in [0, 0.1) is 0 Å². The number of aromatic nitrogens is 2. The van der Waals surface area contributed by atoms with E-state index in [9.17, 15) is 0 Å². The standard InChI is InChI=1S/C30H38N4O3/c1-23-21-33(17-18-36-23)28-20-29(37-22-25-12-14-27(35-2)15-13-25)32-30(31-28)34-16-8-4-7-11-26(34)19-24-9-5-3-6-10-24/h3,5-6,9-10,12-15,20,23,26H,4,7-8,11,16-19,21-22H2,1-2H3/t23-,26-/m1/s1. The molecule has 196 valence electrons. The lowest BCUT2D eigenvalue weighted by atomic mass is 10.0. The highest BCUT2D eigenvalue weighted by atomic mass is 16.5. The second kappa shape index (κ2) is 12.3. The fraction of sp³-hybridized carbons (Fsp3) is 0.467. The number of methoxy groups -OCH3 is 1. The van der Waals surface area contributed by atoms with Crippen LogP contribution < -0.4 is 19.3 Å². The first-order chi connectivity index (χ1) is 18.2. The average Bonchev–Trinajstić information content (AvgIpc) is 3.18. The first-order valence-corrected chi connectivity index (χ1v) is 13.5. The van der Waals surface area contributed by atoms with E-state index >= 15 is 0 Å². The van der Waals surface area contributed by atoms with Gasteiger partial charge in [-0.25, -0.2) is 0 Å². The molecule has 2 fully saturated rings. The minimum atomic E-state index is 0.167. The molecule has 0 N–H and O–H groups in total. The van der Waals surface area contributed by atoms with Crippen LogP contribution in [0.15, 0.2) is 60.7 Å². The van der Waals surface area contributed by atoms with Crippen molar-refractivity contribution in [3.63, 3.8) is 0 Å². The lowest BCUT2D eigenvalue weighted by Gasteiger charge is -2.34. The normalized spacial score (nSPS) is 20.4. The van der Waals surface area contributed by atoms with Crippen molar-refractivity contribution in [1.29, 1.82) is 0 Å². The molecule has 2 saturated heterocycles. The Morgan fingerprint density at radius 2 is 1.78 bits per heavy atom. The number of rotatable bonds is 8. The van der Waals surface area contributed by atoms with Gasteiger partial charge in [-0.3, -0.25) is 0 Å². The van der Waals surface area contributed by atoms with E-state index in [0.717, 1.165) is 62.0 Å². The first kappa shape index (κ1) is 25.3. The number of anilines is 2. The van der Waals surface area contributed by atoms with E-state index in [1.165, 1.54) is 18.4 Å². The van der Waals surface area contributed by atoms with Crippen molar-refractivity contribution in [3.05, 3.63) is 71.8 Å². The molecule has 0 spiro atoms. The van der Waals surface area contributed by atoms with Crippen LogP contribution in [0.2, 0.25) is 0 Å². The summed E-state index contributed by atoms with van der Waals surface area (Å²) < 4.78 is 17.3. The summed E-state index contributed by atoms with van der Waals surface area (Å²) in [6.07, 6.45) is 5.91. The fourth-order valence-corrected chi connectivity index (χ4v) is 5.21. The highest BCUT2D eigenvalue weighted by Gasteiger charge is 2.26. The van der Waals surface area contributed by atoms with Gasteiger partial charge in [0.05, 0.1) is 19.8 Å². The van der Waals surface area contributed by atoms with Crippen LogP contribution in [0.3, 0.4) is 0 Å². The Morgan fingerprint density at radius 3 is 2.57 bits per heavy atom. The van der Waals surface area contributed by atoms with Gasteiger partial charge < -0.3 is 24.0 Å². The molecular formula is C30H38N4O3. The summed E-state index contributed by atoms with van der Waals surface area (Å²) in [6.45, 7) is 5.82. The second-order valence-corrected chi connectivity index (χ2v) is 10.0. The highest BCUT2D eigenvalue weighted by Crippen LogP contribution is 2.29. The molecule has 1 aromatic heterocycles. The Balaban J connectivity index is 1.43. The Labute approximate surface area is 220 Å². The maximum Gasteiger partial charge on any atom is 0.230 e. The van der Waals surface area contributed by atoms with E-state index in [1.807, 2.05) is 30.3 Å². The lowest BCUT2D eigenvalue weighted by molar-refractivity contribution is 0.0529. The minimum absolute atomic E-state index is 0.167. The first-order valence-electron chi connectivity index (χ1n) is 13.5. The van der Waals surface area contributed by atoms with Crippen LogP contribution in [-0.2, 0) is 17.8 Å². The summed E-state index contributed by atoms with van der Waals surface area (Å²) in [7, 11) is 1.68. The second-order valence-electron chi connectivity index (χ2n) is 10.0. The van der Waals surface area contributed by atoms with Crippen LogP contribution in [0.5, 0.6) is 11.6 Å². The minimum Gasteiger partial charge on any atom is -0.497 e. The van der Waals surface area contributed by atoms with Gasteiger partial charge in [-0.2, -0.15) is 9.97 Å². The van der Waals surface area contributed by atoms with Crippen molar-refractivity contribution in [2.24, 2.45) is 0 Å². The van der Waals surface area contributed by atoms with Gasteiger partial charge in [0.2, 0.25) is 11.8 Å². The molecule has 3 aromatic rings. The molecule has 37 heavy (non-hydrogen) atoms. The molecule has 7 nitrogen and oxygen atoms in total. The maximum absolute atomic E-state index is 6.26. The molecule has 0 bridgehead atoms. The Kier molecular flexibility index (Phi) is 8.41. The molecular weight excluding hydrogens is 464 g/mol. The lowest BCUT2D eigenvalue weighted by Crippen LogP contribution is -2.42. The maximum atomic E-state index is 6.26. The molecule has 5 rings (SSSR count). The topological polar surface area (TPSA) is 60.0 Å². The molecule has 2 atom stereocenters. The van der Waals surface area contributed by atoms with Crippen molar-refractivity contribution in [3.8, 4) is 11.6 Å². The predicted molar refractivity (Wildman–Crippen MR) is 147 cm³/mol. The Morgan fingerprint density at radius 1 is 0.946 bits per heavy atom. The zero-order valence-corrected chi connectivity index (χ0v) is 22.0. The molecule has 3 heterocycles. The van der Waals surface area contributed by atoms with Crippen molar-refractivity contribution in [1.82, 2.24) is 9.97 Å². The summed E-state index contributed by atoms with van der Waals surface area (Å²) >= 11 is 0. The molecule has 7 heteroatoms. The van der Waals surface area contributed by atoms with E-state index in [1.54, 1.807) is 7.11 Å². The average molecular weight is 503 g/mol. The highest BCUT2D eigenvalue weighted by molar-refractivity contribution is 5.49. The summed E-state index contributed by atoms with van der Waals surface area (Å²) in [5.74, 6) is 3.12. The number of hydrogen-bond donors (Lipinski definition) is 0. The molecule has 2 aliphatic rings. The number of hydrogen-bond acceptors (Lipinski definition) is 7. The third kappa shape index (κ3) is 6.72. The number of benzene rings is 2. The van der Waals surface area contributed by atoms with Crippen LogP contribution in [0.4, 0.5) is 11.8 Å². The molecule has 0 radical (unpaired) electrons. The van der Waals surface area contributed by atoms with Crippen molar-refractivity contribution >= 4 is 11.8 Å². The van der Waals surface area contributed by atoms with Crippen LogP contribution in [0.1, 0.15) is 43.7 Å². The monoisotopic (exact) mass is 502 g/mol. The predicted octanol–water partition coefficient (Wildman–Crippen LogP) is 5.28. The van der Waals surface area contributed by atoms with Crippen LogP contribution >= 0.6 is 0 Å². The molecule has 0 aliphatic carbocycles. The Hall–Kier alpha value is -3.32. The van der Waals surface area contributed by atoms with E-state index in [0.29, 0.717) is 25.1 Å². The quantitative estimate of drug-likeness (QED) is 0.415. The van der Waals surface area contributed by atoms with E-state index < -0.39 is 0 Å². The summed E-state index contributed by atoms with van der Waals surface area (Å²) in [6, 6.07) is 21.1. The van der Waals surface area contributed by atoms with Gasteiger partial charge in [-0.05, 0) is 49.4 Å². The zero-order chi connectivity index (χ0) is 25.5. The fourth-order valence-electron chi connectivity index (χ4n) is 5.21. The van der Waals surface area contributed by atoms with Gasteiger partial charge in [0.25, 0.3) is 0 Å². The van der Waals surface area contributed by atoms with E-state index in [2.05, 4.69) is 47.1 Å². The number of nitrogens with zero attached hydrogens (tertiary/aromatic N) is 4. The van der Waals surface area contributed by atoms with Crippen LogP contribution in [-0.4, -0.2) is 55.5 Å². The molecule has 2 aromatic carbocycles. The van der Waals surface area contributed by atoms with Gasteiger partial charge in [0.15, 0.2) is 0 Å². The largest absolute Gasteiger partial charge is 0.497 e. The van der Waals surface area contributed by atoms with Gasteiger partial charge in [0.1, 0.15) is 18.2 Å². The van der Waals surface area contributed by atoms with Gasteiger partial charge in [-0.15, -0.1) is 0 Å². The Bertz CT molecular complexity index is 1130. The van der Waals surface area contributed by atoms with Gasteiger partial charge in [-0.1, -0.05) is 55.3 Å². The van der Waals surface area contributed by atoms with Crippen molar-refractivity contribution < 1.29 is 14.2 Å². The molecule has 0 unspecified atom stereocenters. The third-order valence-electron chi connectivity index (χ3n) is 7.24. The van der Waals surface area contributed by atoms with Gasteiger partial charge in [0, 0.05) is 31.7 Å². The van der Waals surface area contributed by atoms with Crippen molar-refractivity contribution in [2.45, 2.75) is 57.8 Å². The summed E-state index contributed by atoms with van der Waals surface area (Å²) in [5, 5.41) is 0. The number of morpholine rings is 1. The van der Waals surface area contributed by atoms with E-state index in [4.69, 9.17) is 24.2 Å². The zero-order valence-electron chi connectivity index (χ0n) is 22.0. The van der Waals surface area contributed by atoms with E-state index in [-0.39, 0.29) is 6.10 Å². The molecule has 2 aliphatic heterocycles. The summed E-state index contributed by atoms with van der Waals surface area (Å²) in [5.41, 5.74) is 2.42. The van der Waals surface area contributed by atoms with Gasteiger partial charge >= 0.3 is 0 Å². The SMILES string of the molecule is COc1ccc(COc2cc(N3CCO[C@H](C)C3)nc(N3CCCCC[C@@H]3Cc3ccccc3)n2)cc1. The third-order valence-corrected chi connectivity index (χ3v) is 7.24. The smallest absolute Gasteiger partial charge is 0.230 e. The summed E-state index contributed by atoms with van der Waals surface area (Å²) in [4.78, 5) is 14.8. The van der Waals surface area contributed by atoms with Crippen molar-refractivity contribution in [2.75, 3.05) is 43.2 Å². The van der Waals surface area contributed by atoms with Crippen LogP contribution in [0.25, 0.3) is 0 Å².